The van der Waals surface area contributed by atoms with Crippen molar-refractivity contribution in [1.29, 1.82) is 0 Å². The monoisotopic (exact) mass is 383 g/mol. The van der Waals surface area contributed by atoms with Crippen molar-refractivity contribution in [2.45, 2.75) is 42.9 Å². The van der Waals surface area contributed by atoms with E-state index in [0.29, 0.717) is 12.8 Å². The van der Waals surface area contributed by atoms with Gasteiger partial charge in [0.1, 0.15) is 0 Å². The van der Waals surface area contributed by atoms with E-state index in [-0.39, 0.29) is 5.56 Å². The quantitative estimate of drug-likeness (QED) is 0.816. The molecular weight excluding hydrogens is 363 g/mol. The second-order valence-corrected chi connectivity index (χ2v) is 7.62. The lowest BCUT2D eigenvalue weighted by Crippen LogP contribution is -2.54. The lowest BCUT2D eigenvalue weighted by molar-refractivity contribution is -0.264. The van der Waals surface area contributed by atoms with E-state index in [1.54, 1.807) is 6.07 Å². The molecule has 3 nitrogen and oxygen atoms in total. The highest BCUT2D eigenvalue weighted by Crippen LogP contribution is 2.44. The SMILES string of the molecule is O=C(NC[C@@](O)(c1ccccc1)C(F)(F)F)C1(c2cccs2)CCCC1. The van der Waals surface area contributed by atoms with Crippen molar-refractivity contribution in [2.24, 2.45) is 0 Å². The minimum Gasteiger partial charge on any atom is -0.375 e. The van der Waals surface area contributed by atoms with Crippen LogP contribution in [0.2, 0.25) is 0 Å². The summed E-state index contributed by atoms with van der Waals surface area (Å²) in [6, 6.07) is 10.5. The summed E-state index contributed by atoms with van der Waals surface area (Å²) in [4.78, 5) is 13.8. The number of carbonyl (C=O) groups excluding carboxylic acids is 1. The van der Waals surface area contributed by atoms with Crippen LogP contribution in [0.15, 0.2) is 47.8 Å². The lowest BCUT2D eigenvalue weighted by Gasteiger charge is -2.33. The molecule has 0 unspecified atom stereocenters. The molecule has 1 saturated carbocycles. The molecule has 1 aliphatic carbocycles. The second-order valence-electron chi connectivity index (χ2n) is 6.67. The fourth-order valence-electron chi connectivity index (χ4n) is 3.57. The largest absolute Gasteiger partial charge is 0.423 e. The molecule has 7 heteroatoms. The van der Waals surface area contributed by atoms with Crippen LogP contribution in [-0.2, 0) is 15.8 Å². The number of halogens is 3. The summed E-state index contributed by atoms with van der Waals surface area (Å²) in [7, 11) is 0. The van der Waals surface area contributed by atoms with Gasteiger partial charge in [-0.1, -0.05) is 49.2 Å². The molecule has 1 aliphatic rings. The van der Waals surface area contributed by atoms with Gasteiger partial charge in [-0.15, -0.1) is 11.3 Å². The summed E-state index contributed by atoms with van der Waals surface area (Å²) >= 11 is 1.44. The van der Waals surface area contributed by atoms with Crippen LogP contribution in [0.4, 0.5) is 13.2 Å². The Morgan fingerprint density at radius 2 is 1.77 bits per heavy atom. The normalized spacial score (nSPS) is 19.1. The van der Waals surface area contributed by atoms with Gasteiger partial charge in [-0.05, 0) is 29.9 Å². The highest BCUT2D eigenvalue weighted by atomic mass is 32.1. The van der Waals surface area contributed by atoms with Gasteiger partial charge in [0, 0.05) is 4.88 Å². The maximum Gasteiger partial charge on any atom is 0.423 e. The number of benzene rings is 1. The van der Waals surface area contributed by atoms with E-state index in [2.05, 4.69) is 5.32 Å². The standard InChI is InChI=1S/C19H20F3NO2S/c20-19(21,22)18(25,14-7-2-1-3-8-14)13-23-16(24)17(10-4-5-11-17)15-9-6-12-26-15/h1-3,6-9,12,25H,4-5,10-11,13H2,(H,23,24)/t18-/m1/s1. The number of thiophene rings is 1. The van der Waals surface area contributed by atoms with Gasteiger partial charge < -0.3 is 10.4 Å². The third kappa shape index (κ3) is 3.25. The number of hydrogen-bond donors (Lipinski definition) is 2. The van der Waals surface area contributed by atoms with Gasteiger partial charge in [0.25, 0.3) is 0 Å². The maximum atomic E-state index is 13.6. The van der Waals surface area contributed by atoms with Crippen LogP contribution >= 0.6 is 11.3 Å². The first-order chi connectivity index (χ1) is 12.3. The average Bonchev–Trinajstić information content (AvgIpc) is 3.30. The van der Waals surface area contributed by atoms with Crippen molar-refractivity contribution >= 4 is 17.2 Å². The molecule has 0 spiro atoms. The van der Waals surface area contributed by atoms with E-state index in [4.69, 9.17) is 0 Å². The van der Waals surface area contributed by atoms with Crippen molar-refractivity contribution in [1.82, 2.24) is 5.32 Å². The number of aliphatic hydroxyl groups is 1. The summed E-state index contributed by atoms with van der Waals surface area (Å²) in [5.74, 6) is -0.448. The Morgan fingerprint density at radius 1 is 1.12 bits per heavy atom. The van der Waals surface area contributed by atoms with Gasteiger partial charge in [-0.3, -0.25) is 4.79 Å². The first kappa shape index (κ1) is 18.9. The van der Waals surface area contributed by atoms with Crippen molar-refractivity contribution in [3.63, 3.8) is 0 Å². The molecule has 26 heavy (non-hydrogen) atoms. The molecule has 1 amide bonds. The van der Waals surface area contributed by atoms with Gasteiger partial charge >= 0.3 is 6.18 Å². The van der Waals surface area contributed by atoms with Crippen molar-refractivity contribution < 1.29 is 23.1 Å². The zero-order chi connectivity index (χ0) is 18.8. The fraction of sp³-hybridized carbons (Fsp3) is 0.421. The van der Waals surface area contributed by atoms with Gasteiger partial charge in [-0.2, -0.15) is 13.2 Å². The minimum absolute atomic E-state index is 0.288. The molecule has 1 heterocycles. The van der Waals surface area contributed by atoms with E-state index < -0.39 is 29.6 Å². The molecule has 1 atom stereocenters. The molecule has 0 radical (unpaired) electrons. The minimum atomic E-state index is -4.91. The summed E-state index contributed by atoms with van der Waals surface area (Å²) in [6.45, 7) is -0.910. The molecule has 1 fully saturated rings. The Balaban J connectivity index is 1.84. The topological polar surface area (TPSA) is 49.3 Å². The summed E-state index contributed by atoms with van der Waals surface area (Å²) in [6.07, 6.45) is -1.99. The molecule has 1 aromatic heterocycles. The van der Waals surface area contributed by atoms with Crippen LogP contribution in [-0.4, -0.2) is 23.7 Å². The van der Waals surface area contributed by atoms with Crippen molar-refractivity contribution in [3.8, 4) is 0 Å². The summed E-state index contributed by atoms with van der Waals surface area (Å²) in [5, 5.41) is 14.6. The van der Waals surface area contributed by atoms with E-state index in [1.165, 1.54) is 35.6 Å². The molecule has 2 N–H and O–H groups in total. The molecule has 0 saturated heterocycles. The Hall–Kier alpha value is -1.86. The number of carbonyl (C=O) groups is 1. The van der Waals surface area contributed by atoms with Gasteiger partial charge in [-0.25, -0.2) is 0 Å². The smallest absolute Gasteiger partial charge is 0.375 e. The second kappa shape index (κ2) is 7.04. The predicted molar refractivity (Wildman–Crippen MR) is 93.9 cm³/mol. The van der Waals surface area contributed by atoms with E-state index in [9.17, 15) is 23.1 Å². The number of alkyl halides is 3. The molecule has 1 aromatic carbocycles. The summed E-state index contributed by atoms with van der Waals surface area (Å²) in [5.41, 5.74) is -4.21. The van der Waals surface area contributed by atoms with Gasteiger partial charge in [0.15, 0.2) is 0 Å². The zero-order valence-electron chi connectivity index (χ0n) is 14.1. The van der Waals surface area contributed by atoms with Crippen molar-refractivity contribution in [2.75, 3.05) is 6.54 Å². The highest BCUT2D eigenvalue weighted by molar-refractivity contribution is 7.10. The Labute approximate surface area is 153 Å². The number of amides is 1. The molecule has 0 aliphatic heterocycles. The third-order valence-corrected chi connectivity index (χ3v) is 6.18. The summed E-state index contributed by atoms with van der Waals surface area (Å²) < 4.78 is 40.8. The van der Waals surface area contributed by atoms with Crippen LogP contribution in [0, 0.1) is 0 Å². The zero-order valence-corrected chi connectivity index (χ0v) is 14.9. The lowest BCUT2D eigenvalue weighted by atomic mass is 9.83. The molecule has 2 aromatic rings. The van der Waals surface area contributed by atoms with E-state index >= 15 is 0 Å². The number of nitrogens with one attached hydrogen (secondary N) is 1. The molecule has 0 bridgehead atoms. The highest BCUT2D eigenvalue weighted by Gasteiger charge is 2.55. The van der Waals surface area contributed by atoms with Crippen LogP contribution in [0.5, 0.6) is 0 Å². The van der Waals surface area contributed by atoms with Crippen LogP contribution < -0.4 is 5.32 Å². The van der Waals surface area contributed by atoms with E-state index in [0.717, 1.165) is 17.7 Å². The fourth-order valence-corrected chi connectivity index (χ4v) is 4.56. The maximum absolute atomic E-state index is 13.6. The third-order valence-electron chi connectivity index (χ3n) is 5.11. The average molecular weight is 383 g/mol. The first-order valence-electron chi connectivity index (χ1n) is 8.46. The molecule has 3 rings (SSSR count). The van der Waals surface area contributed by atoms with Gasteiger partial charge in [0.05, 0.1) is 12.0 Å². The van der Waals surface area contributed by atoms with E-state index in [1.807, 2.05) is 17.5 Å². The Morgan fingerprint density at radius 3 is 2.31 bits per heavy atom. The predicted octanol–water partition coefficient (Wildman–Crippen LogP) is 4.13. The van der Waals surface area contributed by atoms with Crippen molar-refractivity contribution in [3.05, 3.63) is 58.3 Å². The number of hydrogen-bond acceptors (Lipinski definition) is 3. The van der Waals surface area contributed by atoms with Crippen LogP contribution in [0.25, 0.3) is 0 Å². The molecular formula is C19H20F3NO2S. The Bertz CT molecular complexity index is 740. The molecule has 140 valence electrons. The first-order valence-corrected chi connectivity index (χ1v) is 9.34. The number of rotatable bonds is 5. The van der Waals surface area contributed by atoms with Crippen LogP contribution in [0.3, 0.4) is 0 Å². The van der Waals surface area contributed by atoms with Crippen LogP contribution in [0.1, 0.15) is 36.1 Å². The van der Waals surface area contributed by atoms with Gasteiger partial charge in [0.2, 0.25) is 11.5 Å². The Kier molecular flexibility index (Phi) is 5.12.